The summed E-state index contributed by atoms with van der Waals surface area (Å²) < 4.78 is 0. The molecule has 0 aromatic heterocycles. The fraction of sp³-hybridized carbons (Fsp3) is 0.696. The molecule has 0 radical (unpaired) electrons. The number of carbonyl (C=O) groups is 1. The number of benzene rings is 1. The third-order valence-electron chi connectivity index (χ3n) is 5.59. The van der Waals surface area contributed by atoms with Gasteiger partial charge in [-0.2, -0.15) is 0 Å². The number of nitro benzene ring substituents is 1. The van der Waals surface area contributed by atoms with Crippen molar-refractivity contribution in [1.82, 2.24) is 0 Å². The molecule has 0 atom stereocenters. The largest absolute Gasteiger partial charge is 0.504 e. The zero-order valence-electron chi connectivity index (χ0n) is 18.4. The van der Waals surface area contributed by atoms with Crippen molar-refractivity contribution in [3.05, 3.63) is 26.8 Å². The van der Waals surface area contributed by atoms with Crippen molar-refractivity contribution in [3.63, 3.8) is 0 Å². The number of carboxylic acid groups (broad SMARTS) is 1. The smallest absolute Gasteiger partial charge is 0.346 e. The Bertz CT molecular complexity index is 702. The summed E-state index contributed by atoms with van der Waals surface area (Å²) in [5, 5.41) is 41.9. The summed E-state index contributed by atoms with van der Waals surface area (Å²) in [6.07, 6.45) is 12.8. The van der Waals surface area contributed by atoms with Gasteiger partial charge < -0.3 is 15.3 Å². The second-order valence-corrected chi connectivity index (χ2v) is 7.98. The van der Waals surface area contributed by atoms with Gasteiger partial charge in [0, 0.05) is 11.1 Å². The van der Waals surface area contributed by atoms with Gasteiger partial charge >= 0.3 is 5.97 Å². The van der Waals surface area contributed by atoms with Crippen molar-refractivity contribution in [2.45, 2.75) is 104 Å². The van der Waals surface area contributed by atoms with E-state index in [0.717, 1.165) is 70.6 Å². The molecule has 1 rings (SSSR count). The predicted octanol–water partition coefficient (Wildman–Crippen LogP) is 6.51. The van der Waals surface area contributed by atoms with Crippen molar-refractivity contribution in [1.29, 1.82) is 0 Å². The first kappa shape index (κ1) is 25.7. The minimum Gasteiger partial charge on any atom is -0.504 e. The van der Waals surface area contributed by atoms with E-state index in [0.29, 0.717) is 24.8 Å². The quantitative estimate of drug-likeness (QED) is 0.121. The number of phenols is 2. The summed E-state index contributed by atoms with van der Waals surface area (Å²) in [6, 6.07) is 0. The molecule has 0 saturated heterocycles. The van der Waals surface area contributed by atoms with Gasteiger partial charge in [-0.3, -0.25) is 10.1 Å². The minimum atomic E-state index is -1.61. The van der Waals surface area contributed by atoms with Gasteiger partial charge in [0.1, 0.15) is 0 Å². The number of hydrogen-bond donors (Lipinski definition) is 3. The maximum absolute atomic E-state index is 11.7. The number of phenolic OH excluding ortho intramolecular Hbond substituents is 1. The van der Waals surface area contributed by atoms with Crippen molar-refractivity contribution in [2.24, 2.45) is 0 Å². The van der Waals surface area contributed by atoms with Crippen LogP contribution in [0.15, 0.2) is 0 Å². The molecule has 1 aromatic carbocycles. The monoisotopic (exact) mass is 423 g/mol. The third kappa shape index (κ3) is 7.50. The number of unbranched alkanes of at least 4 members (excludes halogenated alkanes) is 10. The van der Waals surface area contributed by atoms with Crippen LogP contribution in [0, 0.1) is 10.1 Å². The maximum atomic E-state index is 11.7. The molecule has 1 aromatic rings. The van der Waals surface area contributed by atoms with Crippen LogP contribution in [0.2, 0.25) is 0 Å². The Kier molecular flexibility index (Phi) is 11.9. The van der Waals surface area contributed by atoms with Crippen LogP contribution in [-0.2, 0) is 12.8 Å². The molecule has 0 aliphatic rings. The Morgan fingerprint density at radius 1 is 0.767 bits per heavy atom. The molecule has 0 fully saturated rings. The molecule has 3 N–H and O–H groups in total. The molecule has 0 aliphatic heterocycles. The van der Waals surface area contributed by atoms with Crippen molar-refractivity contribution >= 4 is 11.7 Å². The van der Waals surface area contributed by atoms with Gasteiger partial charge in [0.25, 0.3) is 5.69 Å². The highest BCUT2D eigenvalue weighted by Gasteiger charge is 2.34. The molecule has 30 heavy (non-hydrogen) atoms. The Morgan fingerprint density at radius 2 is 1.20 bits per heavy atom. The molecule has 0 spiro atoms. The molecule has 0 amide bonds. The Labute approximate surface area is 179 Å². The number of aromatic hydroxyl groups is 2. The van der Waals surface area contributed by atoms with Crippen molar-refractivity contribution < 1.29 is 25.0 Å². The number of hydrogen-bond acceptors (Lipinski definition) is 5. The van der Waals surface area contributed by atoms with Crippen LogP contribution in [-0.4, -0.2) is 26.2 Å². The number of nitro groups is 1. The van der Waals surface area contributed by atoms with Crippen LogP contribution in [0.4, 0.5) is 5.69 Å². The van der Waals surface area contributed by atoms with Crippen molar-refractivity contribution in [2.75, 3.05) is 0 Å². The SMILES string of the molecule is CCCCCCCCc1c(O)c(O)c(C(=O)O)c([N+](=O)[O-])c1CCCCCCCC. The number of rotatable bonds is 16. The summed E-state index contributed by atoms with van der Waals surface area (Å²) in [4.78, 5) is 22.6. The lowest BCUT2D eigenvalue weighted by Gasteiger charge is -2.16. The number of nitrogens with zero attached hydrogens (tertiary/aromatic N) is 1. The van der Waals surface area contributed by atoms with E-state index in [2.05, 4.69) is 13.8 Å². The Balaban J connectivity index is 3.12. The van der Waals surface area contributed by atoms with Crippen LogP contribution in [0.25, 0.3) is 0 Å². The fourth-order valence-corrected chi connectivity index (χ4v) is 3.92. The highest BCUT2D eigenvalue weighted by molar-refractivity contribution is 5.98. The van der Waals surface area contributed by atoms with Gasteiger partial charge in [-0.25, -0.2) is 4.79 Å². The van der Waals surface area contributed by atoms with E-state index >= 15 is 0 Å². The maximum Gasteiger partial charge on any atom is 0.346 e. The van der Waals surface area contributed by atoms with Gasteiger partial charge in [-0.1, -0.05) is 78.1 Å². The van der Waals surface area contributed by atoms with Gasteiger partial charge in [0.2, 0.25) is 0 Å². The molecular formula is C23H37NO6. The Morgan fingerprint density at radius 3 is 1.63 bits per heavy atom. The fourth-order valence-electron chi connectivity index (χ4n) is 3.92. The summed E-state index contributed by atoms with van der Waals surface area (Å²) in [7, 11) is 0. The first-order valence-corrected chi connectivity index (χ1v) is 11.3. The van der Waals surface area contributed by atoms with E-state index in [1.807, 2.05) is 0 Å². The molecule has 7 nitrogen and oxygen atoms in total. The van der Waals surface area contributed by atoms with Gasteiger partial charge in [-0.15, -0.1) is 0 Å². The van der Waals surface area contributed by atoms with Gasteiger partial charge in [0.05, 0.1) is 4.92 Å². The molecule has 0 heterocycles. The number of carboxylic acids is 1. The summed E-state index contributed by atoms with van der Waals surface area (Å²) >= 11 is 0. The van der Waals surface area contributed by atoms with E-state index in [1.54, 1.807) is 0 Å². The van der Waals surface area contributed by atoms with E-state index < -0.39 is 33.6 Å². The number of aromatic carboxylic acids is 1. The topological polar surface area (TPSA) is 121 Å². The van der Waals surface area contributed by atoms with E-state index in [-0.39, 0.29) is 5.56 Å². The van der Waals surface area contributed by atoms with Crippen LogP contribution in [0.5, 0.6) is 11.5 Å². The van der Waals surface area contributed by atoms with Gasteiger partial charge in [-0.05, 0) is 25.7 Å². The second-order valence-electron chi connectivity index (χ2n) is 7.98. The third-order valence-corrected chi connectivity index (χ3v) is 5.59. The minimum absolute atomic E-state index is 0.261. The highest BCUT2D eigenvalue weighted by atomic mass is 16.6. The Hall–Kier alpha value is -2.31. The zero-order valence-corrected chi connectivity index (χ0v) is 18.4. The van der Waals surface area contributed by atoms with Crippen LogP contribution in [0.3, 0.4) is 0 Å². The van der Waals surface area contributed by atoms with Crippen molar-refractivity contribution in [3.8, 4) is 11.5 Å². The first-order valence-electron chi connectivity index (χ1n) is 11.3. The lowest BCUT2D eigenvalue weighted by molar-refractivity contribution is -0.386. The van der Waals surface area contributed by atoms with Crippen LogP contribution >= 0.6 is 0 Å². The summed E-state index contributed by atoms with van der Waals surface area (Å²) in [5.41, 5.74) is -0.803. The highest BCUT2D eigenvalue weighted by Crippen LogP contribution is 2.44. The summed E-state index contributed by atoms with van der Waals surface area (Å²) in [6.45, 7) is 4.27. The molecule has 0 unspecified atom stereocenters. The molecule has 0 aliphatic carbocycles. The van der Waals surface area contributed by atoms with E-state index in [9.17, 15) is 30.2 Å². The van der Waals surface area contributed by atoms with Crippen LogP contribution in [0.1, 0.15) is 112 Å². The predicted molar refractivity (Wildman–Crippen MR) is 118 cm³/mol. The standard InChI is InChI=1S/C23H37NO6/c1-3-5-7-9-11-13-15-17-18(16-14-12-10-8-6-4-2)21(25)22(26)19(23(27)28)20(17)24(29)30/h25-26H,3-16H2,1-2H3,(H,27,28). The van der Waals surface area contributed by atoms with Crippen LogP contribution < -0.4 is 0 Å². The average molecular weight is 424 g/mol. The molecule has 170 valence electrons. The van der Waals surface area contributed by atoms with E-state index in [4.69, 9.17) is 0 Å². The molecule has 0 bridgehead atoms. The lowest BCUT2D eigenvalue weighted by atomic mass is 9.91. The second kappa shape index (κ2) is 13.8. The zero-order chi connectivity index (χ0) is 22.5. The van der Waals surface area contributed by atoms with E-state index in [1.165, 1.54) is 0 Å². The van der Waals surface area contributed by atoms with Gasteiger partial charge in [0.15, 0.2) is 17.1 Å². The average Bonchev–Trinajstić information content (AvgIpc) is 2.70. The summed E-state index contributed by atoms with van der Waals surface area (Å²) in [5.74, 6) is -3.03. The first-order chi connectivity index (χ1) is 14.4. The lowest BCUT2D eigenvalue weighted by Crippen LogP contribution is -2.10. The molecule has 0 saturated carbocycles. The normalized spacial score (nSPS) is 11.0. The molecule has 7 heteroatoms. The molecular weight excluding hydrogens is 386 g/mol.